The van der Waals surface area contributed by atoms with E-state index in [-0.39, 0.29) is 11.1 Å². The number of amides is 1. The summed E-state index contributed by atoms with van der Waals surface area (Å²) in [4.78, 5) is 24.9. The average Bonchev–Trinajstić information content (AvgIpc) is 3.34. The summed E-state index contributed by atoms with van der Waals surface area (Å²) in [5.74, 6) is -1.50. The highest BCUT2D eigenvalue weighted by Crippen LogP contribution is 2.27. The van der Waals surface area contributed by atoms with Crippen LogP contribution in [0.1, 0.15) is 21.5 Å². The number of nitrogens with one attached hydrogen (secondary N) is 1. The third-order valence-electron chi connectivity index (χ3n) is 5.24. The Morgan fingerprint density at radius 2 is 1.80 bits per heavy atom. The van der Waals surface area contributed by atoms with Gasteiger partial charge in [-0.15, -0.1) is 0 Å². The smallest absolute Gasteiger partial charge is 0.337 e. The van der Waals surface area contributed by atoms with E-state index in [2.05, 4.69) is 23.1 Å². The molecule has 4 aromatic rings. The van der Waals surface area contributed by atoms with E-state index in [0.717, 1.165) is 0 Å². The number of nitrogens with zero attached hydrogens (tertiary/aromatic N) is 3. The van der Waals surface area contributed by atoms with Crippen molar-refractivity contribution in [2.75, 3.05) is 12.4 Å². The molecule has 0 aliphatic heterocycles. The van der Waals surface area contributed by atoms with Crippen LogP contribution in [0.25, 0.3) is 22.5 Å². The quantitative estimate of drug-likeness (QED) is 0.319. The number of rotatable bonds is 6. The van der Waals surface area contributed by atoms with Crippen LogP contribution in [0.4, 0.5) is 10.1 Å². The molecule has 7 nitrogen and oxygen atoms in total. The summed E-state index contributed by atoms with van der Waals surface area (Å²) < 4.78 is 19.8. The monoisotopic (exact) mass is 466 g/mol. The molecule has 4 rings (SSSR count). The predicted octanol–water partition coefficient (Wildman–Crippen LogP) is 4.99. The zero-order valence-electron chi connectivity index (χ0n) is 18.7. The maximum atomic E-state index is 13.6. The number of carbonyl (C=O) groups excluding carboxylic acids is 2. The van der Waals surface area contributed by atoms with Crippen LogP contribution in [0, 0.1) is 17.1 Å². The Bertz CT molecular complexity index is 1470. The van der Waals surface area contributed by atoms with Gasteiger partial charge in [0.25, 0.3) is 5.91 Å². The van der Waals surface area contributed by atoms with Crippen molar-refractivity contribution in [3.05, 3.63) is 108 Å². The van der Waals surface area contributed by atoms with Crippen molar-refractivity contribution >= 4 is 23.1 Å². The van der Waals surface area contributed by atoms with Gasteiger partial charge < -0.3 is 10.1 Å². The molecule has 0 radical (unpaired) electrons. The van der Waals surface area contributed by atoms with Crippen molar-refractivity contribution in [1.82, 2.24) is 9.78 Å². The molecule has 35 heavy (non-hydrogen) atoms. The summed E-state index contributed by atoms with van der Waals surface area (Å²) in [6.45, 7) is 3.74. The van der Waals surface area contributed by atoms with Gasteiger partial charge in [0.2, 0.25) is 0 Å². The van der Waals surface area contributed by atoms with E-state index in [9.17, 15) is 14.0 Å². The number of halogens is 1. The van der Waals surface area contributed by atoms with Gasteiger partial charge in [0.1, 0.15) is 11.5 Å². The van der Waals surface area contributed by atoms with Gasteiger partial charge in [0.05, 0.1) is 35.6 Å². The third kappa shape index (κ3) is 4.99. The van der Waals surface area contributed by atoms with Crippen LogP contribution in [-0.2, 0) is 9.53 Å². The minimum atomic E-state index is -0.544. The first kappa shape index (κ1) is 23.1. The third-order valence-corrected chi connectivity index (χ3v) is 5.24. The van der Waals surface area contributed by atoms with E-state index in [4.69, 9.17) is 10.00 Å². The summed E-state index contributed by atoms with van der Waals surface area (Å²) in [6.07, 6.45) is 1.56. The Morgan fingerprint density at radius 3 is 2.43 bits per heavy atom. The number of hydrogen-bond donors (Lipinski definition) is 1. The highest BCUT2D eigenvalue weighted by Gasteiger charge is 2.20. The standard InChI is InChI=1S/C27H19FN4O3/c1-17(27(34)35-2)19-8-10-20(11-9-19)25-24(26(33)30-22-5-3-4-21(28)14-22)16-32(31-25)23-12-6-18(15-29)7-13-23/h3-14,16H,1H2,2H3,(H,30,33). The molecule has 0 saturated heterocycles. The number of carbonyl (C=O) groups is 2. The number of nitriles is 1. The number of anilines is 1. The lowest BCUT2D eigenvalue weighted by Gasteiger charge is -2.07. The van der Waals surface area contributed by atoms with Crippen LogP contribution >= 0.6 is 0 Å². The van der Waals surface area contributed by atoms with Crippen molar-refractivity contribution in [2.24, 2.45) is 0 Å². The van der Waals surface area contributed by atoms with Gasteiger partial charge in [-0.1, -0.05) is 36.9 Å². The maximum absolute atomic E-state index is 13.6. The van der Waals surface area contributed by atoms with E-state index in [1.807, 2.05) is 0 Å². The molecule has 3 aromatic carbocycles. The van der Waals surface area contributed by atoms with Crippen LogP contribution < -0.4 is 5.32 Å². The van der Waals surface area contributed by atoms with E-state index in [0.29, 0.717) is 33.8 Å². The van der Waals surface area contributed by atoms with Crippen molar-refractivity contribution in [2.45, 2.75) is 0 Å². The minimum Gasteiger partial charge on any atom is -0.465 e. The molecule has 1 heterocycles. The van der Waals surface area contributed by atoms with Crippen LogP contribution in [-0.4, -0.2) is 28.8 Å². The first-order valence-corrected chi connectivity index (χ1v) is 10.4. The molecule has 0 saturated carbocycles. The molecule has 0 aliphatic carbocycles. The van der Waals surface area contributed by atoms with Gasteiger partial charge in [0.15, 0.2) is 0 Å². The Balaban J connectivity index is 1.74. The molecule has 0 fully saturated rings. The number of benzene rings is 3. The zero-order valence-corrected chi connectivity index (χ0v) is 18.7. The minimum absolute atomic E-state index is 0.200. The van der Waals surface area contributed by atoms with Crippen LogP contribution in [0.5, 0.6) is 0 Å². The molecule has 1 N–H and O–H groups in total. The predicted molar refractivity (Wildman–Crippen MR) is 129 cm³/mol. The SMILES string of the molecule is C=C(C(=O)OC)c1ccc(-c2nn(-c3ccc(C#N)cc3)cc2C(=O)Nc2cccc(F)c2)cc1. The number of esters is 1. The van der Waals surface area contributed by atoms with Crippen LogP contribution in [0.3, 0.4) is 0 Å². The summed E-state index contributed by atoms with van der Waals surface area (Å²) in [5, 5.41) is 16.3. The van der Waals surface area contributed by atoms with E-state index >= 15 is 0 Å². The Hall–Kier alpha value is -5.03. The molecule has 8 heteroatoms. The van der Waals surface area contributed by atoms with Gasteiger partial charge >= 0.3 is 5.97 Å². The number of aromatic nitrogens is 2. The van der Waals surface area contributed by atoms with Crippen molar-refractivity contribution < 1.29 is 18.7 Å². The van der Waals surface area contributed by atoms with Crippen molar-refractivity contribution in [3.8, 4) is 23.0 Å². The molecule has 172 valence electrons. The Labute approximate surface area is 200 Å². The molecule has 1 amide bonds. The summed E-state index contributed by atoms with van der Waals surface area (Å²) in [7, 11) is 1.28. The number of hydrogen-bond acceptors (Lipinski definition) is 5. The Morgan fingerprint density at radius 1 is 1.09 bits per heavy atom. The van der Waals surface area contributed by atoms with Gasteiger partial charge in [0, 0.05) is 17.4 Å². The fourth-order valence-corrected chi connectivity index (χ4v) is 3.41. The van der Waals surface area contributed by atoms with Gasteiger partial charge in [-0.3, -0.25) is 4.79 Å². The molecular formula is C27H19FN4O3. The molecule has 0 unspecified atom stereocenters. The second-order valence-corrected chi connectivity index (χ2v) is 7.51. The highest BCUT2D eigenvalue weighted by atomic mass is 19.1. The first-order valence-electron chi connectivity index (χ1n) is 10.4. The van der Waals surface area contributed by atoms with Crippen LogP contribution in [0.15, 0.2) is 85.6 Å². The molecule has 0 atom stereocenters. The summed E-state index contributed by atoms with van der Waals surface area (Å²) in [6, 6.07) is 21.2. The average molecular weight is 466 g/mol. The highest BCUT2D eigenvalue weighted by molar-refractivity contribution is 6.15. The normalized spacial score (nSPS) is 10.3. The number of ether oxygens (including phenoxy) is 1. The van der Waals surface area contributed by atoms with E-state index in [1.165, 1.54) is 30.0 Å². The lowest BCUT2D eigenvalue weighted by molar-refractivity contribution is -0.133. The lowest BCUT2D eigenvalue weighted by Crippen LogP contribution is -2.12. The number of methoxy groups -OCH3 is 1. The fourth-order valence-electron chi connectivity index (χ4n) is 3.41. The second kappa shape index (κ2) is 9.85. The maximum Gasteiger partial charge on any atom is 0.337 e. The topological polar surface area (TPSA) is 97.0 Å². The molecule has 0 spiro atoms. The van der Waals surface area contributed by atoms with Crippen molar-refractivity contribution in [1.29, 1.82) is 5.26 Å². The van der Waals surface area contributed by atoms with Crippen LogP contribution in [0.2, 0.25) is 0 Å². The Kier molecular flexibility index (Phi) is 6.51. The van der Waals surface area contributed by atoms with Gasteiger partial charge in [-0.25, -0.2) is 13.9 Å². The van der Waals surface area contributed by atoms with Gasteiger partial charge in [-0.05, 0) is 48.0 Å². The molecule has 0 aliphatic rings. The summed E-state index contributed by atoms with van der Waals surface area (Å²) in [5.41, 5.74) is 3.44. The van der Waals surface area contributed by atoms with Gasteiger partial charge in [-0.2, -0.15) is 10.4 Å². The zero-order chi connectivity index (χ0) is 24.9. The molecule has 1 aromatic heterocycles. The van der Waals surface area contributed by atoms with Crippen molar-refractivity contribution in [3.63, 3.8) is 0 Å². The largest absolute Gasteiger partial charge is 0.465 e. The second-order valence-electron chi connectivity index (χ2n) is 7.51. The summed E-state index contributed by atoms with van der Waals surface area (Å²) >= 11 is 0. The fraction of sp³-hybridized carbons (Fsp3) is 0.0370. The lowest BCUT2D eigenvalue weighted by atomic mass is 10.0. The van der Waals surface area contributed by atoms with E-state index in [1.54, 1.807) is 60.8 Å². The molecular weight excluding hydrogens is 447 g/mol. The van der Waals surface area contributed by atoms with E-state index < -0.39 is 17.7 Å². The molecule has 0 bridgehead atoms. The first-order chi connectivity index (χ1) is 16.9.